The molecule has 136 valence electrons. The number of amides is 1. The summed E-state index contributed by atoms with van der Waals surface area (Å²) in [6.07, 6.45) is 2.25. The zero-order valence-corrected chi connectivity index (χ0v) is 15.6. The zero-order valence-electron chi connectivity index (χ0n) is 15.6. The summed E-state index contributed by atoms with van der Waals surface area (Å²) in [5.74, 6) is 0.729. The van der Waals surface area contributed by atoms with Gasteiger partial charge >= 0.3 is 5.97 Å². The first-order chi connectivity index (χ1) is 11.2. The molecule has 1 aromatic rings. The second kappa shape index (κ2) is 8.80. The van der Waals surface area contributed by atoms with Crippen molar-refractivity contribution in [1.82, 2.24) is 15.0 Å². The van der Waals surface area contributed by atoms with E-state index >= 15 is 0 Å². The molecule has 0 N–H and O–H groups in total. The SMILES string of the molecule is CC[C@H](C)N(CC(=O)OC)C(=O)CCCc1nc(C(C)(C)C)no1. The van der Waals surface area contributed by atoms with Gasteiger partial charge in [0.05, 0.1) is 7.11 Å². The van der Waals surface area contributed by atoms with Crippen molar-refractivity contribution in [3.8, 4) is 0 Å². The Balaban J connectivity index is 2.56. The van der Waals surface area contributed by atoms with Gasteiger partial charge in [-0.15, -0.1) is 0 Å². The maximum absolute atomic E-state index is 12.4. The van der Waals surface area contributed by atoms with E-state index in [9.17, 15) is 9.59 Å². The summed E-state index contributed by atoms with van der Waals surface area (Å²) < 4.78 is 9.89. The Kier molecular flexibility index (Phi) is 7.38. The Labute approximate surface area is 143 Å². The second-order valence-electron chi connectivity index (χ2n) is 6.97. The molecule has 1 atom stereocenters. The molecule has 0 saturated heterocycles. The lowest BCUT2D eigenvalue weighted by molar-refractivity contribution is -0.148. The number of carbonyl (C=O) groups is 2. The van der Waals surface area contributed by atoms with Crippen LogP contribution in [0, 0.1) is 0 Å². The van der Waals surface area contributed by atoms with E-state index in [0.717, 1.165) is 6.42 Å². The molecule has 0 spiro atoms. The minimum atomic E-state index is -0.407. The summed E-state index contributed by atoms with van der Waals surface area (Å²) in [5, 5.41) is 3.97. The molecule has 24 heavy (non-hydrogen) atoms. The van der Waals surface area contributed by atoms with Gasteiger partial charge in [-0.25, -0.2) is 0 Å². The highest BCUT2D eigenvalue weighted by atomic mass is 16.5. The maximum Gasteiger partial charge on any atom is 0.325 e. The smallest absolute Gasteiger partial charge is 0.325 e. The van der Waals surface area contributed by atoms with Crippen molar-refractivity contribution in [2.45, 2.75) is 71.8 Å². The number of rotatable bonds is 8. The molecule has 0 bridgehead atoms. The van der Waals surface area contributed by atoms with Crippen LogP contribution in [0.15, 0.2) is 4.52 Å². The van der Waals surface area contributed by atoms with Crippen LogP contribution in [0.4, 0.5) is 0 Å². The lowest BCUT2D eigenvalue weighted by atomic mass is 9.96. The van der Waals surface area contributed by atoms with E-state index in [1.165, 1.54) is 7.11 Å². The van der Waals surface area contributed by atoms with Gasteiger partial charge in [0.25, 0.3) is 0 Å². The van der Waals surface area contributed by atoms with Crippen LogP contribution in [0.5, 0.6) is 0 Å². The van der Waals surface area contributed by atoms with E-state index in [1.807, 2.05) is 34.6 Å². The molecule has 0 saturated carbocycles. The van der Waals surface area contributed by atoms with Gasteiger partial charge in [0.2, 0.25) is 11.8 Å². The number of esters is 1. The third kappa shape index (κ3) is 5.94. The molecule has 0 aliphatic carbocycles. The van der Waals surface area contributed by atoms with Gasteiger partial charge < -0.3 is 14.2 Å². The number of hydrogen-bond donors (Lipinski definition) is 0. The first-order valence-electron chi connectivity index (χ1n) is 8.38. The fraction of sp³-hybridized carbons (Fsp3) is 0.765. The minimum absolute atomic E-state index is 0.00695. The molecule has 7 heteroatoms. The van der Waals surface area contributed by atoms with E-state index in [1.54, 1.807) is 4.90 Å². The van der Waals surface area contributed by atoms with E-state index < -0.39 is 5.97 Å². The van der Waals surface area contributed by atoms with Crippen LogP contribution in [-0.4, -0.2) is 46.6 Å². The molecule has 0 unspecified atom stereocenters. The molecule has 0 radical (unpaired) electrons. The number of aromatic nitrogens is 2. The average Bonchev–Trinajstić information content (AvgIpc) is 3.00. The predicted molar refractivity (Wildman–Crippen MR) is 89.4 cm³/mol. The molecule has 1 rings (SSSR count). The summed E-state index contributed by atoms with van der Waals surface area (Å²) in [4.78, 5) is 29.8. The van der Waals surface area contributed by atoms with Gasteiger partial charge in [-0.05, 0) is 19.8 Å². The van der Waals surface area contributed by atoms with Gasteiger partial charge in [-0.1, -0.05) is 32.9 Å². The average molecular weight is 339 g/mol. The van der Waals surface area contributed by atoms with Crippen LogP contribution < -0.4 is 0 Å². The number of methoxy groups -OCH3 is 1. The van der Waals surface area contributed by atoms with E-state index in [-0.39, 0.29) is 23.9 Å². The van der Waals surface area contributed by atoms with Crippen molar-refractivity contribution >= 4 is 11.9 Å². The lowest BCUT2D eigenvalue weighted by Gasteiger charge is -2.27. The number of carbonyl (C=O) groups excluding carboxylic acids is 2. The van der Waals surface area contributed by atoms with Gasteiger partial charge in [0.1, 0.15) is 6.54 Å². The third-order valence-corrected chi connectivity index (χ3v) is 3.89. The molecule has 1 amide bonds. The summed E-state index contributed by atoms with van der Waals surface area (Å²) in [6, 6.07) is -0.00695. The Bertz CT molecular complexity index is 548. The van der Waals surface area contributed by atoms with Gasteiger partial charge in [0, 0.05) is 24.3 Å². The second-order valence-corrected chi connectivity index (χ2v) is 6.97. The number of nitrogens with zero attached hydrogens (tertiary/aromatic N) is 3. The number of ether oxygens (including phenoxy) is 1. The van der Waals surface area contributed by atoms with Crippen molar-refractivity contribution in [1.29, 1.82) is 0 Å². The first-order valence-corrected chi connectivity index (χ1v) is 8.38. The maximum atomic E-state index is 12.4. The van der Waals surface area contributed by atoms with Crippen LogP contribution in [-0.2, 0) is 26.2 Å². The highest BCUT2D eigenvalue weighted by molar-refractivity contribution is 5.82. The number of hydrogen-bond acceptors (Lipinski definition) is 6. The van der Waals surface area contributed by atoms with Gasteiger partial charge in [-0.3, -0.25) is 9.59 Å². The molecule has 0 aromatic carbocycles. The van der Waals surface area contributed by atoms with Gasteiger partial charge in [0.15, 0.2) is 5.82 Å². The number of aryl methyl sites for hydroxylation is 1. The monoisotopic (exact) mass is 339 g/mol. The summed E-state index contributed by atoms with van der Waals surface area (Å²) in [7, 11) is 1.32. The highest BCUT2D eigenvalue weighted by Crippen LogP contribution is 2.19. The largest absolute Gasteiger partial charge is 0.468 e. The molecule has 0 aliphatic rings. The van der Waals surface area contributed by atoms with Crippen LogP contribution >= 0.6 is 0 Å². The minimum Gasteiger partial charge on any atom is -0.468 e. The zero-order chi connectivity index (χ0) is 18.3. The Morgan fingerprint density at radius 3 is 2.50 bits per heavy atom. The van der Waals surface area contributed by atoms with Crippen molar-refractivity contribution in [3.63, 3.8) is 0 Å². The Morgan fingerprint density at radius 1 is 1.33 bits per heavy atom. The van der Waals surface area contributed by atoms with Crippen LogP contribution in [0.3, 0.4) is 0 Å². The normalized spacial score (nSPS) is 12.8. The molecule has 0 fully saturated rings. The molecular weight excluding hydrogens is 310 g/mol. The third-order valence-electron chi connectivity index (χ3n) is 3.89. The summed E-state index contributed by atoms with van der Waals surface area (Å²) in [5.41, 5.74) is -0.161. The van der Waals surface area contributed by atoms with Crippen LogP contribution in [0.2, 0.25) is 0 Å². The summed E-state index contributed by atoms with van der Waals surface area (Å²) >= 11 is 0. The topological polar surface area (TPSA) is 85.5 Å². The predicted octanol–water partition coefficient (Wildman–Crippen LogP) is 2.49. The molecule has 1 aromatic heterocycles. The van der Waals surface area contributed by atoms with Crippen molar-refractivity contribution in [3.05, 3.63) is 11.7 Å². The quantitative estimate of drug-likeness (QED) is 0.676. The van der Waals surface area contributed by atoms with Crippen LogP contribution in [0.1, 0.15) is 65.6 Å². The molecule has 1 heterocycles. The van der Waals surface area contributed by atoms with Crippen molar-refractivity contribution in [2.24, 2.45) is 0 Å². The molecular formula is C17H29N3O4. The molecule has 7 nitrogen and oxygen atoms in total. The fourth-order valence-corrected chi connectivity index (χ4v) is 2.11. The van der Waals surface area contributed by atoms with Crippen LogP contribution in [0.25, 0.3) is 0 Å². The van der Waals surface area contributed by atoms with Crippen molar-refractivity contribution < 1.29 is 18.8 Å². The van der Waals surface area contributed by atoms with Gasteiger partial charge in [-0.2, -0.15) is 4.98 Å². The first kappa shape index (κ1) is 20.1. The fourth-order valence-electron chi connectivity index (χ4n) is 2.11. The lowest BCUT2D eigenvalue weighted by Crippen LogP contribution is -2.42. The van der Waals surface area contributed by atoms with Crippen molar-refractivity contribution in [2.75, 3.05) is 13.7 Å². The standard InChI is InChI=1S/C17H29N3O4/c1-7-12(2)20(11-15(22)23-6)14(21)10-8-9-13-18-16(19-24-13)17(3,4)5/h12H,7-11H2,1-6H3/t12-/m0/s1. The van der Waals surface area contributed by atoms with E-state index in [2.05, 4.69) is 14.9 Å². The van der Waals surface area contributed by atoms with E-state index in [4.69, 9.17) is 4.52 Å². The van der Waals surface area contributed by atoms with E-state index in [0.29, 0.717) is 31.0 Å². The Hall–Kier alpha value is -1.92. The summed E-state index contributed by atoms with van der Waals surface area (Å²) in [6.45, 7) is 9.94. The Morgan fingerprint density at radius 2 is 2.00 bits per heavy atom. The highest BCUT2D eigenvalue weighted by Gasteiger charge is 2.23. The molecule has 0 aliphatic heterocycles.